The molecule has 6 heteroatoms. The van der Waals surface area contributed by atoms with Crippen molar-refractivity contribution in [2.45, 2.75) is 52.6 Å². The molecule has 0 aliphatic carbocycles. The van der Waals surface area contributed by atoms with Crippen LogP contribution in [0.4, 0.5) is 22.7 Å². The van der Waals surface area contributed by atoms with Crippen molar-refractivity contribution in [1.82, 2.24) is 9.55 Å². The molecule has 0 N–H and O–H groups in total. The van der Waals surface area contributed by atoms with E-state index in [1.54, 1.807) is 0 Å². The van der Waals surface area contributed by atoms with Crippen LogP contribution in [0.1, 0.15) is 50.7 Å². The van der Waals surface area contributed by atoms with Gasteiger partial charge in [-0.2, -0.15) is 46.8 Å². The van der Waals surface area contributed by atoms with Crippen LogP contribution in [0.25, 0.3) is 38.8 Å². The largest absolute Gasteiger partial charge is 2.00 e. The Morgan fingerprint density at radius 1 is 0.607 bits per heavy atom. The molecule has 2 aromatic heterocycles. The van der Waals surface area contributed by atoms with E-state index in [0.29, 0.717) is 11.8 Å². The molecular formula is C50H46N4PtSi. The summed E-state index contributed by atoms with van der Waals surface area (Å²) in [6, 6.07) is 58.5. The van der Waals surface area contributed by atoms with Crippen LogP contribution in [-0.4, -0.2) is 24.3 Å². The van der Waals surface area contributed by atoms with Gasteiger partial charge in [0, 0.05) is 17.4 Å². The number of para-hydroxylation sites is 4. The van der Waals surface area contributed by atoms with E-state index in [4.69, 9.17) is 4.98 Å². The van der Waals surface area contributed by atoms with E-state index in [1.807, 2.05) is 6.20 Å². The molecule has 4 nitrogen and oxygen atoms in total. The summed E-state index contributed by atoms with van der Waals surface area (Å²) in [5.74, 6) is 1.72. The normalized spacial score (nSPS) is 12.9. The first-order valence-electron chi connectivity index (χ1n) is 19.5. The Balaban J connectivity index is 0.00000441. The second kappa shape index (κ2) is 15.0. The van der Waals surface area contributed by atoms with Crippen LogP contribution in [-0.2, 0) is 21.1 Å². The van der Waals surface area contributed by atoms with Gasteiger partial charge >= 0.3 is 21.1 Å². The van der Waals surface area contributed by atoms with Crippen LogP contribution in [0.2, 0.25) is 13.1 Å². The molecule has 1 aliphatic rings. The van der Waals surface area contributed by atoms with E-state index >= 15 is 0 Å². The Morgan fingerprint density at radius 2 is 1.25 bits per heavy atom. The van der Waals surface area contributed by atoms with Crippen LogP contribution in [0.15, 0.2) is 146 Å². The van der Waals surface area contributed by atoms with E-state index in [1.165, 1.54) is 60.5 Å². The maximum Gasteiger partial charge on any atom is 2.00 e. The summed E-state index contributed by atoms with van der Waals surface area (Å²) >= 11 is 0. The van der Waals surface area contributed by atoms with Gasteiger partial charge in [-0.3, -0.25) is 0 Å². The van der Waals surface area contributed by atoms with Gasteiger partial charge in [0.2, 0.25) is 0 Å². The fourth-order valence-corrected chi connectivity index (χ4v) is 10.6. The van der Waals surface area contributed by atoms with Crippen molar-refractivity contribution >= 4 is 63.0 Å². The Morgan fingerprint density at radius 3 is 1.98 bits per heavy atom. The molecular weight excluding hydrogens is 880 g/mol. The summed E-state index contributed by atoms with van der Waals surface area (Å²) in [4.78, 5) is 9.82. The number of nitrogens with zero attached hydrogens (tertiary/aromatic N) is 4. The fraction of sp³-hybridized carbons (Fsp3) is 0.180. The Bertz CT molecular complexity index is 2670. The van der Waals surface area contributed by atoms with Gasteiger partial charge in [0.25, 0.3) is 0 Å². The van der Waals surface area contributed by atoms with E-state index < -0.39 is 8.07 Å². The van der Waals surface area contributed by atoms with E-state index in [9.17, 15) is 0 Å². The Hall–Kier alpha value is -5.22. The van der Waals surface area contributed by atoms with Gasteiger partial charge in [0.05, 0.1) is 26.1 Å². The third-order valence-corrected chi connectivity index (χ3v) is 14.7. The molecule has 0 bridgehead atoms. The van der Waals surface area contributed by atoms with Crippen molar-refractivity contribution in [1.29, 1.82) is 0 Å². The number of benzene rings is 6. The summed E-state index contributed by atoms with van der Waals surface area (Å²) in [7, 11) is -2.29. The van der Waals surface area contributed by atoms with E-state index in [2.05, 4.69) is 207 Å². The molecule has 9 rings (SSSR count). The van der Waals surface area contributed by atoms with E-state index in [-0.39, 0.29) is 21.1 Å². The van der Waals surface area contributed by atoms with Gasteiger partial charge in [-0.15, -0.1) is 11.5 Å². The summed E-state index contributed by atoms with van der Waals surface area (Å²) in [6.07, 6.45) is 1.98. The monoisotopic (exact) mass is 925 g/mol. The van der Waals surface area contributed by atoms with Crippen molar-refractivity contribution in [2.75, 3.05) is 16.5 Å². The fourth-order valence-electron chi connectivity index (χ4n) is 8.45. The van der Waals surface area contributed by atoms with Crippen molar-refractivity contribution in [3.63, 3.8) is 0 Å². The van der Waals surface area contributed by atoms with Gasteiger partial charge in [-0.25, -0.2) is 4.98 Å². The maximum absolute atomic E-state index is 5.05. The SMILES string of the molecule is CC(C)c1cccc(C(C)C)c1-c1ccnc(-n2c3[c-]c([Si](C)(C)c4[c-]c(N5CN(c6ccccc6)c6ccccc65)ccc4)ccc3c3ccccc32)c1.[Pt+2]. The quantitative estimate of drug-likeness (QED) is 0.112. The topological polar surface area (TPSA) is 24.3 Å². The second-order valence-electron chi connectivity index (χ2n) is 15.9. The molecule has 3 heterocycles. The van der Waals surface area contributed by atoms with Crippen LogP contribution in [0, 0.1) is 12.1 Å². The summed E-state index contributed by atoms with van der Waals surface area (Å²) in [5, 5.41) is 4.90. The first-order valence-corrected chi connectivity index (χ1v) is 22.5. The first-order chi connectivity index (χ1) is 26.7. The Labute approximate surface area is 346 Å². The van der Waals surface area contributed by atoms with Crippen molar-refractivity contribution in [3.8, 4) is 16.9 Å². The molecule has 8 aromatic rings. The van der Waals surface area contributed by atoms with Gasteiger partial charge in [0.15, 0.2) is 0 Å². The zero-order valence-corrected chi connectivity index (χ0v) is 36.1. The number of aromatic nitrogens is 2. The molecule has 56 heavy (non-hydrogen) atoms. The minimum atomic E-state index is -2.29. The van der Waals surface area contributed by atoms with Gasteiger partial charge in [0.1, 0.15) is 5.82 Å². The van der Waals surface area contributed by atoms with Crippen LogP contribution in [0.5, 0.6) is 0 Å². The first kappa shape index (κ1) is 37.7. The average molecular weight is 926 g/mol. The van der Waals surface area contributed by atoms with Crippen molar-refractivity contribution in [2.24, 2.45) is 0 Å². The Kier molecular flexibility index (Phi) is 10.1. The third kappa shape index (κ3) is 6.41. The number of pyridine rings is 1. The smallest absolute Gasteiger partial charge is 0.345 e. The van der Waals surface area contributed by atoms with E-state index in [0.717, 1.165) is 29.2 Å². The molecule has 0 amide bonds. The van der Waals surface area contributed by atoms with Crippen molar-refractivity contribution in [3.05, 3.63) is 169 Å². The predicted octanol–water partition coefficient (Wildman–Crippen LogP) is 11.8. The third-order valence-electron chi connectivity index (χ3n) is 11.5. The summed E-state index contributed by atoms with van der Waals surface area (Å²) in [6.45, 7) is 14.7. The van der Waals surface area contributed by atoms with Crippen LogP contribution >= 0.6 is 0 Å². The molecule has 0 atom stereocenters. The number of hydrogen-bond acceptors (Lipinski definition) is 3. The molecule has 0 saturated heterocycles. The van der Waals surface area contributed by atoms with Crippen LogP contribution < -0.4 is 20.2 Å². The summed E-state index contributed by atoms with van der Waals surface area (Å²) < 4.78 is 2.33. The second-order valence-corrected chi connectivity index (χ2v) is 20.2. The van der Waals surface area contributed by atoms with Crippen molar-refractivity contribution < 1.29 is 21.1 Å². The minimum Gasteiger partial charge on any atom is -0.345 e. The molecule has 0 spiro atoms. The standard InChI is InChI=1S/C50H46N4Si.Pt/c1-34(2)41-21-15-22-42(35(3)4)50(41)36-28-29-51-49(30-36)54-45-23-11-10-20-43(45)44-27-26-40(32-48(44)54)55(5,6)39-19-14-18-38(31-39)53-33-52(37-16-8-7-9-17-37)46-24-12-13-25-47(46)53;/h7-30,34-35H,33H2,1-6H3;/q-2;+2. The predicted molar refractivity (Wildman–Crippen MR) is 235 cm³/mol. The summed E-state index contributed by atoms with van der Waals surface area (Å²) in [5.41, 5.74) is 12.2. The average Bonchev–Trinajstić information content (AvgIpc) is 3.77. The number of anilines is 4. The molecule has 0 saturated carbocycles. The van der Waals surface area contributed by atoms with Gasteiger partial charge < -0.3 is 14.4 Å². The number of hydrogen-bond donors (Lipinski definition) is 0. The molecule has 1 aliphatic heterocycles. The molecule has 0 fully saturated rings. The zero-order chi connectivity index (χ0) is 37.8. The molecule has 280 valence electrons. The van der Waals surface area contributed by atoms with Gasteiger partial charge in [-0.1, -0.05) is 119 Å². The maximum atomic E-state index is 5.05. The van der Waals surface area contributed by atoms with Crippen LogP contribution in [0.3, 0.4) is 0 Å². The number of fused-ring (bicyclic) bond motifs is 4. The number of rotatable bonds is 8. The molecule has 0 unspecified atom stereocenters. The minimum absolute atomic E-state index is 0. The molecule has 6 aromatic carbocycles. The van der Waals surface area contributed by atoms with Gasteiger partial charge in [-0.05, 0) is 81.9 Å². The zero-order valence-electron chi connectivity index (χ0n) is 32.8. The molecule has 0 radical (unpaired) electrons.